The van der Waals surface area contributed by atoms with E-state index in [0.29, 0.717) is 22.9 Å². The first-order valence-corrected chi connectivity index (χ1v) is 6.68. The number of nitrogens with one attached hydrogen (secondary N) is 1. The van der Waals surface area contributed by atoms with Crippen molar-refractivity contribution in [2.75, 3.05) is 12.8 Å². The smallest absolute Gasteiger partial charge is 0.253 e. The van der Waals surface area contributed by atoms with Crippen molar-refractivity contribution in [3.63, 3.8) is 0 Å². The van der Waals surface area contributed by atoms with Crippen LogP contribution in [0.5, 0.6) is 5.75 Å². The number of ether oxygens (including phenoxy) is 1. The second kappa shape index (κ2) is 7.02. The highest BCUT2D eigenvalue weighted by Gasteiger charge is 2.13. The van der Waals surface area contributed by atoms with E-state index in [2.05, 4.69) is 19.2 Å². The van der Waals surface area contributed by atoms with Gasteiger partial charge < -0.3 is 15.8 Å². The summed E-state index contributed by atoms with van der Waals surface area (Å²) >= 11 is 0. The molecule has 0 spiro atoms. The highest BCUT2D eigenvalue weighted by molar-refractivity contribution is 5.99. The summed E-state index contributed by atoms with van der Waals surface area (Å²) in [5.41, 5.74) is 6.76. The van der Waals surface area contributed by atoms with Crippen LogP contribution in [0.25, 0.3) is 0 Å². The molecule has 1 unspecified atom stereocenters. The van der Waals surface area contributed by atoms with Gasteiger partial charge in [-0.3, -0.25) is 4.79 Å². The SMILES string of the molecule is COc1ccc(N)c(C(=O)NC(C)CCC(C)C)c1. The molecule has 1 aromatic rings. The van der Waals surface area contributed by atoms with Crippen LogP contribution in [-0.2, 0) is 0 Å². The lowest BCUT2D eigenvalue weighted by Crippen LogP contribution is -2.33. The molecule has 0 aliphatic rings. The first-order valence-electron chi connectivity index (χ1n) is 6.68. The van der Waals surface area contributed by atoms with Crippen LogP contribution in [0.3, 0.4) is 0 Å². The minimum Gasteiger partial charge on any atom is -0.497 e. The van der Waals surface area contributed by atoms with Gasteiger partial charge >= 0.3 is 0 Å². The lowest BCUT2D eigenvalue weighted by atomic mass is 10.0. The fourth-order valence-electron chi connectivity index (χ4n) is 1.82. The van der Waals surface area contributed by atoms with Crippen molar-refractivity contribution in [3.05, 3.63) is 23.8 Å². The third kappa shape index (κ3) is 4.81. The van der Waals surface area contributed by atoms with Gasteiger partial charge in [-0.2, -0.15) is 0 Å². The Labute approximate surface area is 115 Å². The molecule has 4 heteroatoms. The number of benzene rings is 1. The predicted octanol–water partition coefficient (Wildman–Crippen LogP) is 2.83. The minimum atomic E-state index is -0.146. The van der Waals surface area contributed by atoms with Gasteiger partial charge in [0.1, 0.15) is 5.75 Å². The quantitative estimate of drug-likeness (QED) is 0.776. The van der Waals surface area contributed by atoms with E-state index in [1.54, 1.807) is 25.3 Å². The number of rotatable bonds is 6. The number of carbonyl (C=O) groups excluding carboxylic acids is 1. The van der Waals surface area contributed by atoms with Crippen LogP contribution in [0.1, 0.15) is 44.0 Å². The molecule has 1 atom stereocenters. The van der Waals surface area contributed by atoms with Gasteiger partial charge in [0.2, 0.25) is 0 Å². The predicted molar refractivity (Wildman–Crippen MR) is 78.4 cm³/mol. The molecule has 19 heavy (non-hydrogen) atoms. The molecule has 0 radical (unpaired) electrons. The van der Waals surface area contributed by atoms with Crippen molar-refractivity contribution < 1.29 is 9.53 Å². The van der Waals surface area contributed by atoms with E-state index >= 15 is 0 Å². The Morgan fingerprint density at radius 1 is 1.32 bits per heavy atom. The summed E-state index contributed by atoms with van der Waals surface area (Å²) < 4.78 is 5.11. The summed E-state index contributed by atoms with van der Waals surface area (Å²) in [4.78, 5) is 12.1. The van der Waals surface area contributed by atoms with Crippen LogP contribution < -0.4 is 15.8 Å². The molecule has 0 aromatic heterocycles. The number of nitrogen functional groups attached to an aromatic ring is 1. The Morgan fingerprint density at radius 2 is 2.00 bits per heavy atom. The first kappa shape index (κ1) is 15.3. The summed E-state index contributed by atoms with van der Waals surface area (Å²) in [5, 5.41) is 2.97. The van der Waals surface area contributed by atoms with E-state index in [0.717, 1.165) is 12.8 Å². The Kier molecular flexibility index (Phi) is 5.67. The number of hydrogen-bond acceptors (Lipinski definition) is 3. The Bertz CT molecular complexity index is 430. The number of nitrogens with two attached hydrogens (primary N) is 1. The molecule has 0 bridgehead atoms. The van der Waals surface area contributed by atoms with Crippen molar-refractivity contribution in [2.24, 2.45) is 5.92 Å². The molecular weight excluding hydrogens is 240 g/mol. The molecule has 0 heterocycles. The first-order chi connectivity index (χ1) is 8.93. The Hall–Kier alpha value is -1.71. The van der Waals surface area contributed by atoms with Gasteiger partial charge in [0.05, 0.1) is 12.7 Å². The molecule has 1 rings (SSSR count). The highest BCUT2D eigenvalue weighted by atomic mass is 16.5. The van der Waals surface area contributed by atoms with Crippen LogP contribution in [-0.4, -0.2) is 19.1 Å². The van der Waals surface area contributed by atoms with E-state index in [1.807, 2.05) is 6.92 Å². The molecule has 106 valence electrons. The second-order valence-electron chi connectivity index (χ2n) is 5.30. The van der Waals surface area contributed by atoms with Crippen LogP contribution >= 0.6 is 0 Å². The largest absolute Gasteiger partial charge is 0.497 e. The van der Waals surface area contributed by atoms with Gasteiger partial charge in [0.25, 0.3) is 5.91 Å². The van der Waals surface area contributed by atoms with Gasteiger partial charge in [0, 0.05) is 11.7 Å². The maximum absolute atomic E-state index is 12.1. The van der Waals surface area contributed by atoms with Crippen molar-refractivity contribution in [3.8, 4) is 5.75 Å². The summed E-state index contributed by atoms with van der Waals surface area (Å²) in [6.07, 6.45) is 2.06. The summed E-state index contributed by atoms with van der Waals surface area (Å²) in [5.74, 6) is 1.13. The van der Waals surface area contributed by atoms with Crippen LogP contribution in [0.15, 0.2) is 18.2 Å². The molecule has 1 amide bonds. The van der Waals surface area contributed by atoms with E-state index < -0.39 is 0 Å². The van der Waals surface area contributed by atoms with Gasteiger partial charge in [-0.1, -0.05) is 13.8 Å². The average molecular weight is 264 g/mol. The molecule has 1 aromatic carbocycles. The third-order valence-corrected chi connectivity index (χ3v) is 3.06. The monoisotopic (exact) mass is 264 g/mol. The van der Waals surface area contributed by atoms with Crippen LogP contribution in [0.4, 0.5) is 5.69 Å². The second-order valence-corrected chi connectivity index (χ2v) is 5.30. The van der Waals surface area contributed by atoms with Gasteiger partial charge in [-0.25, -0.2) is 0 Å². The molecule has 4 nitrogen and oxygen atoms in total. The summed E-state index contributed by atoms with van der Waals surface area (Å²) in [6, 6.07) is 5.24. The third-order valence-electron chi connectivity index (χ3n) is 3.06. The Morgan fingerprint density at radius 3 is 2.58 bits per heavy atom. The van der Waals surface area contributed by atoms with Gasteiger partial charge in [-0.15, -0.1) is 0 Å². The van der Waals surface area contributed by atoms with E-state index in [4.69, 9.17) is 10.5 Å². The lowest BCUT2D eigenvalue weighted by Gasteiger charge is -2.16. The van der Waals surface area contributed by atoms with Crippen molar-refractivity contribution in [2.45, 2.75) is 39.7 Å². The number of hydrogen-bond donors (Lipinski definition) is 2. The maximum atomic E-state index is 12.1. The lowest BCUT2D eigenvalue weighted by molar-refractivity contribution is 0.0938. The average Bonchev–Trinajstić information content (AvgIpc) is 2.36. The van der Waals surface area contributed by atoms with Crippen molar-refractivity contribution >= 4 is 11.6 Å². The molecule has 0 aliphatic heterocycles. The fourth-order valence-corrected chi connectivity index (χ4v) is 1.82. The van der Waals surface area contributed by atoms with Crippen LogP contribution in [0.2, 0.25) is 0 Å². The Balaban J connectivity index is 2.67. The summed E-state index contributed by atoms with van der Waals surface area (Å²) in [6.45, 7) is 6.36. The standard InChI is InChI=1S/C15H24N2O2/c1-10(2)5-6-11(3)17-15(18)13-9-12(19-4)7-8-14(13)16/h7-11H,5-6,16H2,1-4H3,(H,17,18). The summed E-state index contributed by atoms with van der Waals surface area (Å²) in [7, 11) is 1.57. The molecule has 0 fully saturated rings. The molecule has 0 aliphatic carbocycles. The fraction of sp³-hybridized carbons (Fsp3) is 0.533. The number of amides is 1. The number of carbonyl (C=O) groups is 1. The normalized spacial score (nSPS) is 12.3. The zero-order valence-electron chi connectivity index (χ0n) is 12.2. The zero-order valence-corrected chi connectivity index (χ0v) is 12.2. The van der Waals surface area contributed by atoms with Crippen molar-refractivity contribution in [1.29, 1.82) is 0 Å². The molecular formula is C15H24N2O2. The van der Waals surface area contributed by atoms with Crippen molar-refractivity contribution in [1.82, 2.24) is 5.32 Å². The highest BCUT2D eigenvalue weighted by Crippen LogP contribution is 2.19. The van der Waals surface area contributed by atoms with E-state index in [-0.39, 0.29) is 11.9 Å². The zero-order chi connectivity index (χ0) is 14.4. The minimum absolute atomic E-state index is 0.139. The topological polar surface area (TPSA) is 64.3 Å². The van der Waals surface area contributed by atoms with Crippen LogP contribution in [0, 0.1) is 5.92 Å². The maximum Gasteiger partial charge on any atom is 0.253 e. The molecule has 0 saturated carbocycles. The number of anilines is 1. The van der Waals surface area contributed by atoms with Gasteiger partial charge in [0.15, 0.2) is 0 Å². The number of methoxy groups -OCH3 is 1. The molecule has 3 N–H and O–H groups in total. The van der Waals surface area contributed by atoms with Gasteiger partial charge in [-0.05, 0) is 43.9 Å². The van der Waals surface area contributed by atoms with E-state index in [9.17, 15) is 4.79 Å². The van der Waals surface area contributed by atoms with E-state index in [1.165, 1.54) is 0 Å². The molecule has 0 saturated heterocycles.